The van der Waals surface area contributed by atoms with E-state index >= 15 is 0 Å². The second-order valence-electron chi connectivity index (χ2n) is 4.64. The van der Waals surface area contributed by atoms with Crippen molar-refractivity contribution >= 4 is 17.9 Å². The average Bonchev–Trinajstić information content (AvgIpc) is 2.42. The smallest absolute Gasteiger partial charge is 0.321 e. The van der Waals surface area contributed by atoms with Gasteiger partial charge in [0.15, 0.2) is 0 Å². The fraction of sp³-hybridized carbons (Fsp3) is 0.538. The van der Waals surface area contributed by atoms with Gasteiger partial charge in [0.25, 0.3) is 0 Å². The van der Waals surface area contributed by atoms with E-state index in [0.717, 1.165) is 0 Å². The molecule has 21 heavy (non-hydrogen) atoms. The van der Waals surface area contributed by atoms with Gasteiger partial charge >= 0.3 is 12.0 Å². The SMILES string of the molecule is COc1cc(C)nc(NC(=O)NCCCC(C)C(=O)O)n1. The van der Waals surface area contributed by atoms with E-state index in [1.165, 1.54) is 7.11 Å². The molecule has 0 fully saturated rings. The molecule has 0 bridgehead atoms. The first-order chi connectivity index (χ1) is 9.92. The second kappa shape index (κ2) is 8.03. The molecule has 1 atom stereocenters. The van der Waals surface area contributed by atoms with E-state index in [-0.39, 0.29) is 5.95 Å². The van der Waals surface area contributed by atoms with Crippen molar-refractivity contribution < 1.29 is 19.4 Å². The summed E-state index contributed by atoms with van der Waals surface area (Å²) in [6, 6.07) is 1.21. The maximum Gasteiger partial charge on any atom is 0.321 e. The molecule has 0 radical (unpaired) electrons. The largest absolute Gasteiger partial charge is 0.481 e. The van der Waals surface area contributed by atoms with Gasteiger partial charge < -0.3 is 15.2 Å². The van der Waals surface area contributed by atoms with Crippen LogP contribution in [0.25, 0.3) is 0 Å². The molecule has 0 aliphatic rings. The molecule has 1 unspecified atom stereocenters. The normalized spacial score (nSPS) is 11.6. The summed E-state index contributed by atoms with van der Waals surface area (Å²) in [6.45, 7) is 3.78. The molecular weight excluding hydrogens is 276 g/mol. The number of nitrogens with one attached hydrogen (secondary N) is 2. The number of carbonyl (C=O) groups is 2. The van der Waals surface area contributed by atoms with Crippen LogP contribution in [0.5, 0.6) is 5.88 Å². The number of aliphatic carboxylic acids is 1. The number of rotatable bonds is 7. The van der Waals surface area contributed by atoms with E-state index in [1.54, 1.807) is 19.9 Å². The number of urea groups is 1. The molecule has 3 N–H and O–H groups in total. The fourth-order valence-corrected chi connectivity index (χ4v) is 1.58. The summed E-state index contributed by atoms with van der Waals surface area (Å²) < 4.78 is 4.99. The van der Waals surface area contributed by atoms with Crippen LogP contribution < -0.4 is 15.4 Å². The molecule has 8 heteroatoms. The zero-order valence-electron chi connectivity index (χ0n) is 12.3. The summed E-state index contributed by atoms with van der Waals surface area (Å²) in [6.07, 6.45) is 1.09. The molecule has 1 heterocycles. The standard InChI is InChI=1S/C13H20N4O4/c1-8(11(18)19)5-4-6-14-13(20)17-12-15-9(2)7-10(16-12)21-3/h7-8H,4-6H2,1-3H3,(H,18,19)(H2,14,15,16,17,20). The Kier molecular flexibility index (Phi) is 6.38. The summed E-state index contributed by atoms with van der Waals surface area (Å²) in [5.41, 5.74) is 0.674. The van der Waals surface area contributed by atoms with Gasteiger partial charge in [0.2, 0.25) is 11.8 Å². The molecule has 1 aromatic rings. The van der Waals surface area contributed by atoms with Crippen LogP contribution in [0.4, 0.5) is 10.7 Å². The maximum absolute atomic E-state index is 11.6. The van der Waals surface area contributed by atoms with Crippen molar-refractivity contribution in [2.24, 2.45) is 5.92 Å². The zero-order chi connectivity index (χ0) is 15.8. The zero-order valence-corrected chi connectivity index (χ0v) is 12.3. The van der Waals surface area contributed by atoms with Gasteiger partial charge in [-0.2, -0.15) is 4.98 Å². The highest BCUT2D eigenvalue weighted by molar-refractivity contribution is 5.87. The molecule has 0 aromatic carbocycles. The molecule has 0 saturated carbocycles. The molecule has 1 rings (SSSR count). The predicted molar refractivity (Wildman–Crippen MR) is 76.4 cm³/mol. The number of anilines is 1. The first kappa shape index (κ1) is 16.7. The third-order valence-electron chi connectivity index (χ3n) is 2.79. The van der Waals surface area contributed by atoms with Gasteiger partial charge in [-0.1, -0.05) is 6.92 Å². The summed E-state index contributed by atoms with van der Waals surface area (Å²) >= 11 is 0. The number of carboxylic acid groups (broad SMARTS) is 1. The topological polar surface area (TPSA) is 113 Å². The van der Waals surface area contributed by atoms with Crippen LogP contribution in [-0.4, -0.2) is 40.7 Å². The van der Waals surface area contributed by atoms with Crippen LogP contribution in [0.2, 0.25) is 0 Å². The molecule has 2 amide bonds. The lowest BCUT2D eigenvalue weighted by Crippen LogP contribution is -2.30. The van der Waals surface area contributed by atoms with Gasteiger partial charge in [-0.05, 0) is 19.8 Å². The Morgan fingerprint density at radius 2 is 2.14 bits per heavy atom. The van der Waals surface area contributed by atoms with Crippen molar-refractivity contribution in [1.82, 2.24) is 15.3 Å². The Morgan fingerprint density at radius 3 is 2.76 bits per heavy atom. The molecule has 0 aliphatic carbocycles. The van der Waals surface area contributed by atoms with Crippen LogP contribution >= 0.6 is 0 Å². The minimum atomic E-state index is -0.834. The van der Waals surface area contributed by atoms with Gasteiger partial charge in [0.1, 0.15) is 0 Å². The molecule has 0 aliphatic heterocycles. The van der Waals surface area contributed by atoms with Gasteiger partial charge in [-0.3, -0.25) is 10.1 Å². The number of hydrogen-bond acceptors (Lipinski definition) is 5. The van der Waals surface area contributed by atoms with Crippen LogP contribution in [0.15, 0.2) is 6.07 Å². The van der Waals surface area contributed by atoms with Gasteiger partial charge in [-0.25, -0.2) is 9.78 Å². The van der Waals surface area contributed by atoms with E-state index in [2.05, 4.69) is 20.6 Å². The van der Waals surface area contributed by atoms with Gasteiger partial charge in [-0.15, -0.1) is 0 Å². The quantitative estimate of drug-likeness (QED) is 0.656. The second-order valence-corrected chi connectivity index (χ2v) is 4.64. The number of carboxylic acids is 1. The first-order valence-electron chi connectivity index (χ1n) is 6.59. The molecule has 116 valence electrons. The number of ether oxygens (including phenoxy) is 1. The van der Waals surface area contributed by atoms with Crippen molar-refractivity contribution in [3.63, 3.8) is 0 Å². The number of carbonyl (C=O) groups excluding carboxylic acids is 1. The summed E-state index contributed by atoms with van der Waals surface area (Å²) in [5.74, 6) is -0.727. The summed E-state index contributed by atoms with van der Waals surface area (Å²) in [5, 5.41) is 13.9. The third kappa shape index (κ3) is 6.07. The molecular formula is C13H20N4O4. The maximum atomic E-state index is 11.6. The van der Waals surface area contributed by atoms with E-state index in [4.69, 9.17) is 9.84 Å². The van der Waals surface area contributed by atoms with Crippen LogP contribution in [0.3, 0.4) is 0 Å². The molecule has 1 aromatic heterocycles. The van der Waals surface area contributed by atoms with E-state index < -0.39 is 17.9 Å². The summed E-state index contributed by atoms with van der Waals surface area (Å²) in [4.78, 5) is 30.3. The Bertz CT molecular complexity index is 507. The van der Waals surface area contributed by atoms with Crippen molar-refractivity contribution in [3.8, 4) is 5.88 Å². The fourth-order valence-electron chi connectivity index (χ4n) is 1.58. The summed E-state index contributed by atoms with van der Waals surface area (Å²) in [7, 11) is 1.48. The number of hydrogen-bond donors (Lipinski definition) is 3. The predicted octanol–water partition coefficient (Wildman–Crippen LogP) is 1.42. The Morgan fingerprint density at radius 1 is 1.43 bits per heavy atom. The Hall–Kier alpha value is -2.38. The lowest BCUT2D eigenvalue weighted by Gasteiger charge is -2.09. The number of nitrogens with zero attached hydrogens (tertiary/aromatic N) is 2. The first-order valence-corrected chi connectivity index (χ1v) is 6.59. The minimum absolute atomic E-state index is 0.156. The number of amides is 2. The van der Waals surface area contributed by atoms with Gasteiger partial charge in [0, 0.05) is 18.3 Å². The lowest BCUT2D eigenvalue weighted by molar-refractivity contribution is -0.141. The van der Waals surface area contributed by atoms with Crippen molar-refractivity contribution in [2.45, 2.75) is 26.7 Å². The molecule has 0 spiro atoms. The molecule has 0 saturated heterocycles. The van der Waals surface area contributed by atoms with Crippen LogP contribution in [0.1, 0.15) is 25.5 Å². The monoisotopic (exact) mass is 296 g/mol. The highest BCUT2D eigenvalue weighted by atomic mass is 16.5. The lowest BCUT2D eigenvalue weighted by atomic mass is 10.1. The van der Waals surface area contributed by atoms with E-state index in [0.29, 0.717) is 31.0 Å². The number of aromatic nitrogens is 2. The van der Waals surface area contributed by atoms with Crippen LogP contribution in [0, 0.1) is 12.8 Å². The van der Waals surface area contributed by atoms with Crippen molar-refractivity contribution in [2.75, 3.05) is 19.0 Å². The van der Waals surface area contributed by atoms with Crippen molar-refractivity contribution in [1.29, 1.82) is 0 Å². The Labute approximate surface area is 122 Å². The minimum Gasteiger partial charge on any atom is -0.481 e. The molecule has 8 nitrogen and oxygen atoms in total. The van der Waals surface area contributed by atoms with Crippen molar-refractivity contribution in [3.05, 3.63) is 11.8 Å². The van der Waals surface area contributed by atoms with Crippen LogP contribution in [-0.2, 0) is 4.79 Å². The highest BCUT2D eigenvalue weighted by Gasteiger charge is 2.10. The van der Waals surface area contributed by atoms with Gasteiger partial charge in [0.05, 0.1) is 13.0 Å². The highest BCUT2D eigenvalue weighted by Crippen LogP contribution is 2.11. The number of aryl methyl sites for hydroxylation is 1. The average molecular weight is 296 g/mol. The Balaban J connectivity index is 2.37. The number of methoxy groups -OCH3 is 1. The van der Waals surface area contributed by atoms with E-state index in [9.17, 15) is 9.59 Å². The van der Waals surface area contributed by atoms with E-state index in [1.807, 2.05) is 0 Å². The third-order valence-corrected chi connectivity index (χ3v) is 2.79.